The molecule has 0 unspecified atom stereocenters. The van der Waals surface area contributed by atoms with Crippen molar-refractivity contribution in [3.8, 4) is 23.0 Å². The van der Waals surface area contributed by atoms with Crippen LogP contribution in [0.3, 0.4) is 0 Å². The van der Waals surface area contributed by atoms with E-state index >= 15 is 0 Å². The summed E-state index contributed by atoms with van der Waals surface area (Å²) in [5.74, 6) is 1.26. The highest BCUT2D eigenvalue weighted by atomic mass is 16.1. The van der Waals surface area contributed by atoms with E-state index in [4.69, 9.17) is 4.98 Å². The smallest absolute Gasteiger partial charge is 0.263 e. The maximum Gasteiger partial charge on any atom is 0.263 e. The van der Waals surface area contributed by atoms with Gasteiger partial charge in [0.05, 0.1) is 17.3 Å². The molecule has 0 aliphatic carbocycles. The summed E-state index contributed by atoms with van der Waals surface area (Å²) in [4.78, 5) is 23.6. The van der Waals surface area contributed by atoms with Gasteiger partial charge in [-0.15, -0.1) is 0 Å². The van der Waals surface area contributed by atoms with E-state index in [2.05, 4.69) is 18.0 Å². The summed E-state index contributed by atoms with van der Waals surface area (Å²) < 4.78 is 1.66. The van der Waals surface area contributed by atoms with E-state index in [1.165, 1.54) is 0 Å². The Labute approximate surface area is 216 Å². The van der Waals surface area contributed by atoms with Crippen molar-refractivity contribution in [1.82, 2.24) is 14.5 Å². The van der Waals surface area contributed by atoms with Crippen molar-refractivity contribution in [3.05, 3.63) is 124 Å². The molecule has 0 amide bonds. The van der Waals surface area contributed by atoms with Crippen LogP contribution in [0.1, 0.15) is 48.0 Å². The van der Waals surface area contributed by atoms with Crippen molar-refractivity contribution >= 4 is 10.8 Å². The van der Waals surface area contributed by atoms with Gasteiger partial charge < -0.3 is 0 Å². The third kappa shape index (κ3) is 4.79. The number of benzene rings is 3. The Bertz CT molecular complexity index is 1670. The molecule has 0 saturated heterocycles. The third-order valence-electron chi connectivity index (χ3n) is 6.75. The van der Waals surface area contributed by atoms with Crippen molar-refractivity contribution in [3.63, 3.8) is 0 Å². The van der Waals surface area contributed by atoms with Gasteiger partial charge in [-0.2, -0.15) is 5.26 Å². The predicted molar refractivity (Wildman–Crippen MR) is 148 cm³/mol. The van der Waals surface area contributed by atoms with E-state index in [9.17, 15) is 10.1 Å². The lowest BCUT2D eigenvalue weighted by Gasteiger charge is -2.16. The molecule has 0 saturated carbocycles. The van der Waals surface area contributed by atoms with E-state index in [0.717, 1.165) is 52.4 Å². The molecule has 0 radical (unpaired) electrons. The summed E-state index contributed by atoms with van der Waals surface area (Å²) in [5, 5.41) is 11.4. The van der Waals surface area contributed by atoms with Gasteiger partial charge in [0, 0.05) is 23.6 Å². The van der Waals surface area contributed by atoms with Crippen molar-refractivity contribution in [2.75, 3.05) is 0 Å². The first-order valence-corrected chi connectivity index (χ1v) is 12.6. The first kappa shape index (κ1) is 24.1. The average Bonchev–Trinajstić information content (AvgIpc) is 2.94. The Morgan fingerprint density at radius 1 is 0.946 bits per heavy atom. The van der Waals surface area contributed by atoms with Crippen LogP contribution in [0.4, 0.5) is 0 Å². The molecule has 5 aromatic rings. The van der Waals surface area contributed by atoms with Crippen molar-refractivity contribution in [1.29, 1.82) is 5.26 Å². The number of fused-ring (bicyclic) bond motifs is 1. The molecule has 5 heteroatoms. The SMILES string of the molecule is CCCCc1nc(C)n(-c2nccc3ccccc23)c(=O)c1Cc1ccc(-c2ccccc2C#N)cc1. The molecule has 37 heavy (non-hydrogen) atoms. The maximum absolute atomic E-state index is 14.0. The zero-order valence-corrected chi connectivity index (χ0v) is 21.1. The Morgan fingerprint density at radius 2 is 1.70 bits per heavy atom. The lowest BCUT2D eigenvalue weighted by Crippen LogP contribution is -2.29. The highest BCUT2D eigenvalue weighted by Crippen LogP contribution is 2.25. The van der Waals surface area contributed by atoms with Crippen LogP contribution < -0.4 is 5.56 Å². The van der Waals surface area contributed by atoms with Crippen LogP contribution in [-0.4, -0.2) is 14.5 Å². The minimum absolute atomic E-state index is 0.0682. The monoisotopic (exact) mass is 484 g/mol. The quantitative estimate of drug-likeness (QED) is 0.262. The second-order valence-electron chi connectivity index (χ2n) is 9.22. The molecular formula is C32H28N4O. The summed E-state index contributed by atoms with van der Waals surface area (Å²) >= 11 is 0. The Balaban J connectivity index is 1.59. The van der Waals surface area contributed by atoms with E-state index in [-0.39, 0.29) is 5.56 Å². The average molecular weight is 485 g/mol. The molecule has 0 atom stereocenters. The van der Waals surface area contributed by atoms with Gasteiger partial charge in [0.15, 0.2) is 0 Å². The fourth-order valence-corrected chi connectivity index (χ4v) is 4.82. The van der Waals surface area contributed by atoms with E-state index < -0.39 is 0 Å². The summed E-state index contributed by atoms with van der Waals surface area (Å²) in [7, 11) is 0. The largest absolute Gasteiger partial charge is 0.268 e. The molecule has 5 nitrogen and oxygen atoms in total. The number of pyridine rings is 1. The molecule has 2 aromatic heterocycles. The van der Waals surface area contributed by atoms with Crippen molar-refractivity contribution in [2.45, 2.75) is 39.5 Å². The van der Waals surface area contributed by atoms with Gasteiger partial charge in [-0.25, -0.2) is 14.5 Å². The van der Waals surface area contributed by atoms with Crippen LogP contribution >= 0.6 is 0 Å². The summed E-state index contributed by atoms with van der Waals surface area (Å²) in [6, 6.07) is 27.9. The molecule has 182 valence electrons. The zero-order chi connectivity index (χ0) is 25.8. The van der Waals surface area contributed by atoms with Crippen molar-refractivity contribution in [2.24, 2.45) is 0 Å². The van der Waals surface area contributed by atoms with E-state index in [1.54, 1.807) is 10.8 Å². The second kappa shape index (κ2) is 10.6. The van der Waals surface area contributed by atoms with Gasteiger partial charge in [-0.05, 0) is 54.0 Å². The topological polar surface area (TPSA) is 71.6 Å². The number of nitriles is 1. The number of rotatable bonds is 7. The second-order valence-corrected chi connectivity index (χ2v) is 9.22. The summed E-state index contributed by atoms with van der Waals surface area (Å²) in [6.45, 7) is 4.02. The molecule has 5 rings (SSSR count). The van der Waals surface area contributed by atoms with E-state index in [1.807, 2.05) is 85.8 Å². The predicted octanol–water partition coefficient (Wildman–Crippen LogP) is 6.56. The maximum atomic E-state index is 14.0. The molecule has 2 heterocycles. The minimum atomic E-state index is -0.0682. The van der Waals surface area contributed by atoms with Gasteiger partial charge in [-0.1, -0.05) is 80.1 Å². The standard InChI is InChI=1S/C32H28N4O/c1-3-4-13-30-29(20-23-14-16-25(17-15-23)27-11-7-6-10-26(27)21-33)32(37)36(22(2)35-30)31-28-12-8-5-9-24(28)18-19-34-31/h5-12,14-19H,3-4,13,20H2,1-2H3. The molecule has 3 aromatic carbocycles. The normalized spacial score (nSPS) is 10.9. The van der Waals surface area contributed by atoms with Crippen LogP contribution in [0, 0.1) is 18.3 Å². The van der Waals surface area contributed by atoms with Crippen LogP contribution in [-0.2, 0) is 12.8 Å². The third-order valence-corrected chi connectivity index (χ3v) is 6.75. The van der Waals surface area contributed by atoms with E-state index in [0.29, 0.717) is 29.2 Å². The highest BCUT2D eigenvalue weighted by Gasteiger charge is 2.18. The summed E-state index contributed by atoms with van der Waals surface area (Å²) in [6.07, 6.45) is 4.99. The molecule has 0 N–H and O–H groups in total. The molecule has 0 spiro atoms. The Kier molecular flexibility index (Phi) is 6.91. The molecule has 0 aliphatic heterocycles. The Morgan fingerprint density at radius 3 is 2.49 bits per heavy atom. The number of hydrogen-bond acceptors (Lipinski definition) is 4. The van der Waals surface area contributed by atoms with Gasteiger partial charge in [0.1, 0.15) is 11.6 Å². The van der Waals surface area contributed by atoms with Crippen LogP contribution in [0.15, 0.2) is 89.9 Å². The summed E-state index contributed by atoms with van der Waals surface area (Å²) in [5.41, 5.74) is 5.05. The number of nitrogens with zero attached hydrogens (tertiary/aromatic N) is 4. The van der Waals surface area contributed by atoms with Crippen LogP contribution in [0.5, 0.6) is 0 Å². The minimum Gasteiger partial charge on any atom is -0.268 e. The van der Waals surface area contributed by atoms with Gasteiger partial charge >= 0.3 is 0 Å². The fraction of sp³-hybridized carbons (Fsp3) is 0.188. The van der Waals surface area contributed by atoms with Crippen molar-refractivity contribution < 1.29 is 0 Å². The van der Waals surface area contributed by atoms with Gasteiger partial charge in [-0.3, -0.25) is 4.79 Å². The molecule has 0 aliphatic rings. The zero-order valence-electron chi connectivity index (χ0n) is 21.1. The van der Waals surface area contributed by atoms with Crippen LogP contribution in [0.2, 0.25) is 0 Å². The van der Waals surface area contributed by atoms with Crippen LogP contribution in [0.25, 0.3) is 27.7 Å². The molecular weight excluding hydrogens is 456 g/mol. The van der Waals surface area contributed by atoms with Gasteiger partial charge in [0.25, 0.3) is 5.56 Å². The molecule has 0 bridgehead atoms. The lowest BCUT2D eigenvalue weighted by molar-refractivity contribution is 0.730. The first-order chi connectivity index (χ1) is 18.1. The molecule has 0 fully saturated rings. The number of hydrogen-bond donors (Lipinski definition) is 0. The Hall–Kier alpha value is -4.56. The number of unbranched alkanes of at least 4 members (excludes halogenated alkanes) is 1. The fourth-order valence-electron chi connectivity index (χ4n) is 4.82. The van der Waals surface area contributed by atoms with Gasteiger partial charge in [0.2, 0.25) is 0 Å². The lowest BCUT2D eigenvalue weighted by atomic mass is 9.96. The first-order valence-electron chi connectivity index (χ1n) is 12.6. The number of aryl methyl sites for hydroxylation is 2. The number of aromatic nitrogens is 3. The highest BCUT2D eigenvalue weighted by molar-refractivity contribution is 5.88.